The van der Waals surface area contributed by atoms with Crippen LogP contribution >= 0.6 is 0 Å². The van der Waals surface area contributed by atoms with Crippen molar-refractivity contribution in [3.05, 3.63) is 35.4 Å². The minimum absolute atomic E-state index is 0.00437. The van der Waals surface area contributed by atoms with Gasteiger partial charge in [0.15, 0.2) is 0 Å². The van der Waals surface area contributed by atoms with Crippen molar-refractivity contribution in [3.8, 4) is 0 Å². The lowest BCUT2D eigenvalue weighted by molar-refractivity contribution is -0.133. The Hall–Kier alpha value is -1.49. The highest BCUT2D eigenvalue weighted by Gasteiger charge is 2.48. The molecule has 0 bridgehead atoms. The molecule has 0 radical (unpaired) electrons. The lowest BCUT2D eigenvalue weighted by Crippen LogP contribution is -2.36. The first-order valence-corrected chi connectivity index (χ1v) is 6.98. The maximum Gasteiger partial charge on any atom is 0.226 e. The zero-order valence-corrected chi connectivity index (χ0v) is 11.1. The van der Waals surface area contributed by atoms with Gasteiger partial charge in [-0.25, -0.2) is 8.78 Å². The number of carbonyl (C=O) groups is 1. The molecule has 1 amide bonds. The smallest absolute Gasteiger partial charge is 0.226 e. The number of hydrogen-bond donors (Lipinski definition) is 1. The molecule has 0 saturated heterocycles. The topological polar surface area (TPSA) is 40.5 Å². The summed E-state index contributed by atoms with van der Waals surface area (Å²) in [6, 6.07) is 3.76. The van der Waals surface area contributed by atoms with Crippen molar-refractivity contribution >= 4 is 5.91 Å². The van der Waals surface area contributed by atoms with Crippen LogP contribution in [0.25, 0.3) is 0 Å². The standard InChI is InChI=1S/C15H17F2NO2/c16-9-1-4-11(14(17)7-9)12-8-13(12)15(20)18(5-6-19)10-2-3-10/h1,4,7,10,12-13,19H,2-3,5-6,8H2. The van der Waals surface area contributed by atoms with E-state index >= 15 is 0 Å². The molecule has 2 aliphatic carbocycles. The highest BCUT2D eigenvalue weighted by atomic mass is 19.1. The molecule has 0 spiro atoms. The van der Waals surface area contributed by atoms with Crippen LogP contribution in [-0.2, 0) is 4.79 Å². The molecule has 1 N–H and O–H groups in total. The third-order valence-corrected chi connectivity index (χ3v) is 4.08. The first-order valence-electron chi connectivity index (χ1n) is 6.98. The lowest BCUT2D eigenvalue weighted by Gasteiger charge is -2.21. The van der Waals surface area contributed by atoms with E-state index in [1.807, 2.05) is 0 Å². The average Bonchev–Trinajstić information content (AvgIpc) is 3.26. The summed E-state index contributed by atoms with van der Waals surface area (Å²) in [5.41, 5.74) is 0.421. The van der Waals surface area contributed by atoms with E-state index in [4.69, 9.17) is 5.11 Å². The van der Waals surface area contributed by atoms with E-state index in [-0.39, 0.29) is 30.4 Å². The molecule has 0 aliphatic heterocycles. The Bertz CT molecular complexity index is 531. The van der Waals surface area contributed by atoms with Gasteiger partial charge in [-0.15, -0.1) is 0 Å². The molecule has 2 atom stereocenters. The van der Waals surface area contributed by atoms with E-state index in [0.717, 1.165) is 18.9 Å². The second kappa shape index (κ2) is 5.13. The Morgan fingerprint density at radius 2 is 2.10 bits per heavy atom. The number of halogens is 2. The van der Waals surface area contributed by atoms with Crippen LogP contribution in [0.2, 0.25) is 0 Å². The summed E-state index contributed by atoms with van der Waals surface area (Å²) in [6.45, 7) is 0.295. The van der Waals surface area contributed by atoms with Gasteiger partial charge in [0.05, 0.1) is 6.61 Å². The Labute approximate surface area is 116 Å². The molecule has 1 aromatic carbocycles. The van der Waals surface area contributed by atoms with Crippen molar-refractivity contribution in [2.24, 2.45) is 5.92 Å². The fraction of sp³-hybridized carbons (Fsp3) is 0.533. The summed E-state index contributed by atoms with van der Waals surface area (Å²) in [5.74, 6) is -1.56. The largest absolute Gasteiger partial charge is 0.395 e. The molecule has 3 nitrogen and oxygen atoms in total. The van der Waals surface area contributed by atoms with Crippen LogP contribution in [0, 0.1) is 17.6 Å². The van der Waals surface area contributed by atoms with Crippen LogP contribution in [-0.4, -0.2) is 35.1 Å². The predicted molar refractivity (Wildman–Crippen MR) is 69.0 cm³/mol. The zero-order chi connectivity index (χ0) is 14.3. The van der Waals surface area contributed by atoms with Crippen LogP contribution in [0.5, 0.6) is 0 Å². The molecule has 1 aromatic rings. The molecule has 0 heterocycles. The number of aliphatic hydroxyl groups excluding tert-OH is 1. The van der Waals surface area contributed by atoms with Crippen molar-refractivity contribution in [1.29, 1.82) is 0 Å². The SMILES string of the molecule is O=C(C1CC1c1ccc(F)cc1F)N(CCO)C1CC1. The molecular weight excluding hydrogens is 264 g/mol. The van der Waals surface area contributed by atoms with Gasteiger partial charge in [0.2, 0.25) is 5.91 Å². The fourth-order valence-corrected chi connectivity index (χ4v) is 2.79. The maximum absolute atomic E-state index is 13.7. The molecule has 20 heavy (non-hydrogen) atoms. The minimum Gasteiger partial charge on any atom is -0.395 e. The van der Waals surface area contributed by atoms with Gasteiger partial charge in [0, 0.05) is 24.6 Å². The van der Waals surface area contributed by atoms with Crippen LogP contribution in [0.3, 0.4) is 0 Å². The van der Waals surface area contributed by atoms with Crippen LogP contribution in [0.15, 0.2) is 18.2 Å². The molecule has 5 heteroatoms. The number of nitrogens with zero attached hydrogens (tertiary/aromatic N) is 1. The van der Waals surface area contributed by atoms with E-state index in [1.165, 1.54) is 12.1 Å². The summed E-state index contributed by atoms with van der Waals surface area (Å²) in [4.78, 5) is 14.1. The Balaban J connectivity index is 1.69. The van der Waals surface area contributed by atoms with Crippen LogP contribution in [0.1, 0.15) is 30.7 Å². The van der Waals surface area contributed by atoms with Crippen molar-refractivity contribution in [1.82, 2.24) is 4.90 Å². The normalized spacial score (nSPS) is 24.6. The highest BCUT2D eigenvalue weighted by Crippen LogP contribution is 2.50. The number of aliphatic hydroxyl groups is 1. The molecule has 2 saturated carbocycles. The highest BCUT2D eigenvalue weighted by molar-refractivity contribution is 5.83. The van der Waals surface area contributed by atoms with E-state index in [1.54, 1.807) is 4.90 Å². The molecule has 2 fully saturated rings. The van der Waals surface area contributed by atoms with E-state index < -0.39 is 11.6 Å². The van der Waals surface area contributed by atoms with Crippen LogP contribution < -0.4 is 0 Å². The summed E-state index contributed by atoms with van der Waals surface area (Å²) >= 11 is 0. The predicted octanol–water partition coefficient (Wildman–Crippen LogP) is 2.05. The van der Waals surface area contributed by atoms with Crippen molar-refractivity contribution in [2.45, 2.75) is 31.2 Å². The monoisotopic (exact) mass is 281 g/mol. The van der Waals surface area contributed by atoms with Gasteiger partial charge < -0.3 is 10.0 Å². The Morgan fingerprint density at radius 3 is 2.70 bits per heavy atom. The molecule has 2 unspecified atom stereocenters. The van der Waals surface area contributed by atoms with E-state index in [2.05, 4.69) is 0 Å². The third-order valence-electron chi connectivity index (χ3n) is 4.08. The summed E-state index contributed by atoms with van der Waals surface area (Å²) in [5, 5.41) is 9.03. The Kier molecular flexibility index (Phi) is 3.46. The van der Waals surface area contributed by atoms with Gasteiger partial charge in [0.25, 0.3) is 0 Å². The summed E-state index contributed by atoms with van der Waals surface area (Å²) < 4.78 is 26.6. The first kappa shape index (κ1) is 13.5. The van der Waals surface area contributed by atoms with Crippen molar-refractivity contribution in [2.75, 3.05) is 13.2 Å². The second-order valence-corrected chi connectivity index (χ2v) is 5.60. The third kappa shape index (κ3) is 2.54. The number of hydrogen-bond acceptors (Lipinski definition) is 2. The van der Waals surface area contributed by atoms with Crippen molar-refractivity contribution in [3.63, 3.8) is 0 Å². The fourth-order valence-electron chi connectivity index (χ4n) is 2.79. The second-order valence-electron chi connectivity index (χ2n) is 5.60. The first-order chi connectivity index (χ1) is 9.61. The van der Waals surface area contributed by atoms with Crippen molar-refractivity contribution < 1.29 is 18.7 Å². The number of rotatable bonds is 5. The zero-order valence-electron chi connectivity index (χ0n) is 11.1. The number of amides is 1. The van der Waals surface area contributed by atoms with Gasteiger partial charge >= 0.3 is 0 Å². The molecule has 2 aliphatic rings. The quantitative estimate of drug-likeness (QED) is 0.897. The number of benzene rings is 1. The number of carbonyl (C=O) groups excluding carboxylic acids is 1. The summed E-state index contributed by atoms with van der Waals surface area (Å²) in [6.07, 6.45) is 2.57. The average molecular weight is 281 g/mol. The van der Waals surface area contributed by atoms with E-state index in [0.29, 0.717) is 18.5 Å². The van der Waals surface area contributed by atoms with Crippen LogP contribution in [0.4, 0.5) is 8.78 Å². The van der Waals surface area contributed by atoms with Gasteiger partial charge in [0.1, 0.15) is 11.6 Å². The maximum atomic E-state index is 13.7. The molecule has 3 rings (SSSR count). The lowest BCUT2D eigenvalue weighted by atomic mass is 10.1. The Morgan fingerprint density at radius 1 is 1.35 bits per heavy atom. The van der Waals surface area contributed by atoms with Gasteiger partial charge in [-0.3, -0.25) is 4.79 Å². The minimum atomic E-state index is -0.602. The summed E-state index contributed by atoms with van der Waals surface area (Å²) in [7, 11) is 0. The molecular formula is C15H17F2NO2. The van der Waals surface area contributed by atoms with Gasteiger partial charge in [-0.1, -0.05) is 6.07 Å². The van der Waals surface area contributed by atoms with Gasteiger partial charge in [-0.05, 0) is 36.8 Å². The molecule has 0 aromatic heterocycles. The van der Waals surface area contributed by atoms with E-state index in [9.17, 15) is 13.6 Å². The van der Waals surface area contributed by atoms with Gasteiger partial charge in [-0.2, -0.15) is 0 Å². The molecule has 108 valence electrons.